The quantitative estimate of drug-likeness (QED) is 0.477. The van der Waals surface area contributed by atoms with Crippen LogP contribution in [0.5, 0.6) is 0 Å². The van der Waals surface area contributed by atoms with Crippen molar-refractivity contribution in [1.82, 2.24) is 15.3 Å². The third-order valence-electron chi connectivity index (χ3n) is 2.01. The number of aromatic nitrogens is 1. The van der Waals surface area contributed by atoms with Crippen LogP contribution in [0, 0.1) is 4.91 Å². The zero-order chi connectivity index (χ0) is 12.5. The number of hydrogen-bond acceptors (Lipinski definition) is 4. The molecule has 1 rings (SSSR count). The molecular weight excluding hydrogens is 244 g/mol. The van der Waals surface area contributed by atoms with Gasteiger partial charge in [-0.05, 0) is 12.1 Å². The van der Waals surface area contributed by atoms with Crippen LogP contribution in [0.2, 0.25) is 0 Å². The summed E-state index contributed by atoms with van der Waals surface area (Å²) in [6, 6.07) is 5.01. The van der Waals surface area contributed by atoms with Crippen LogP contribution < -0.4 is 5.32 Å². The third kappa shape index (κ3) is 4.78. The fourth-order valence-corrected chi connectivity index (χ4v) is 1.35. The van der Waals surface area contributed by atoms with Gasteiger partial charge in [0.05, 0.1) is 11.8 Å². The average molecular weight is 257 g/mol. The number of rotatable bonds is 6. The molecule has 1 heterocycles. The summed E-state index contributed by atoms with van der Waals surface area (Å²) in [5, 5.41) is 5.89. The number of carbonyl (C=O) groups excluding carboxylic acids is 1. The number of nitrogens with zero attached hydrogens (tertiary/aromatic N) is 3. The van der Waals surface area contributed by atoms with Crippen LogP contribution in [0.15, 0.2) is 29.7 Å². The second-order valence-corrected chi connectivity index (χ2v) is 3.57. The zero-order valence-electron chi connectivity index (χ0n) is 9.17. The molecule has 0 saturated carbocycles. The zero-order valence-corrected chi connectivity index (χ0v) is 9.93. The highest BCUT2D eigenvalue weighted by molar-refractivity contribution is 6.18. The van der Waals surface area contributed by atoms with Gasteiger partial charge in [-0.3, -0.25) is 4.98 Å². The molecule has 0 spiro atoms. The Bertz CT molecular complexity index is 361. The molecule has 6 nitrogen and oxygen atoms in total. The summed E-state index contributed by atoms with van der Waals surface area (Å²) >= 11 is 5.42. The highest BCUT2D eigenvalue weighted by Crippen LogP contribution is 1.95. The van der Waals surface area contributed by atoms with Gasteiger partial charge in [0.25, 0.3) is 0 Å². The van der Waals surface area contributed by atoms with Crippen LogP contribution >= 0.6 is 11.6 Å². The molecule has 0 aliphatic carbocycles. The van der Waals surface area contributed by atoms with Gasteiger partial charge in [-0.2, -0.15) is 5.01 Å². The van der Waals surface area contributed by atoms with E-state index in [0.717, 1.165) is 10.7 Å². The van der Waals surface area contributed by atoms with Crippen molar-refractivity contribution in [2.75, 3.05) is 19.0 Å². The second kappa shape index (κ2) is 7.56. The minimum atomic E-state index is -0.545. The molecule has 0 aliphatic rings. The molecule has 92 valence electrons. The first-order chi connectivity index (χ1) is 8.27. The smallest absolute Gasteiger partial charge is 0.336 e. The van der Waals surface area contributed by atoms with Gasteiger partial charge in [-0.15, -0.1) is 16.5 Å². The number of nitrogens with one attached hydrogen (secondary N) is 1. The summed E-state index contributed by atoms with van der Waals surface area (Å²) in [5.74, 6) is 0.166. The number of halogens is 1. The summed E-state index contributed by atoms with van der Waals surface area (Å²) in [6.07, 6.45) is 2.28. The molecule has 1 aromatic heterocycles. The molecule has 0 saturated heterocycles. The van der Waals surface area contributed by atoms with Crippen molar-refractivity contribution in [2.24, 2.45) is 5.29 Å². The fourth-order valence-electron chi connectivity index (χ4n) is 1.19. The topological polar surface area (TPSA) is 74.7 Å². The number of pyridine rings is 1. The van der Waals surface area contributed by atoms with Crippen LogP contribution in [-0.2, 0) is 6.42 Å². The minimum Gasteiger partial charge on any atom is -0.336 e. The van der Waals surface area contributed by atoms with Crippen LogP contribution in [0.1, 0.15) is 5.69 Å². The van der Waals surface area contributed by atoms with Crippen molar-refractivity contribution < 1.29 is 4.79 Å². The molecule has 1 aromatic rings. The van der Waals surface area contributed by atoms with Gasteiger partial charge in [0.1, 0.15) is 0 Å². The van der Waals surface area contributed by atoms with Crippen LogP contribution in [0.25, 0.3) is 0 Å². The normalized spacial score (nSPS) is 9.71. The van der Waals surface area contributed by atoms with Crippen molar-refractivity contribution in [1.29, 1.82) is 0 Å². The molecular formula is C10H13ClN4O2. The van der Waals surface area contributed by atoms with Crippen molar-refractivity contribution in [2.45, 2.75) is 6.42 Å². The predicted octanol–water partition coefficient (Wildman–Crippen LogP) is 1.56. The number of alkyl halides is 1. The lowest BCUT2D eigenvalue weighted by molar-refractivity contribution is 0.202. The van der Waals surface area contributed by atoms with Gasteiger partial charge in [0, 0.05) is 30.7 Å². The van der Waals surface area contributed by atoms with E-state index < -0.39 is 6.03 Å². The van der Waals surface area contributed by atoms with E-state index in [9.17, 15) is 9.70 Å². The maximum atomic E-state index is 11.4. The Kier molecular flexibility index (Phi) is 5.95. The Morgan fingerprint density at radius 3 is 2.94 bits per heavy atom. The molecule has 2 amide bonds. The number of hydrogen-bond donors (Lipinski definition) is 1. The number of amides is 2. The Labute approximate surface area is 104 Å². The van der Waals surface area contributed by atoms with Crippen LogP contribution in [0.3, 0.4) is 0 Å². The Morgan fingerprint density at radius 1 is 1.53 bits per heavy atom. The highest BCUT2D eigenvalue weighted by Gasteiger charge is 2.11. The first kappa shape index (κ1) is 13.4. The van der Waals surface area contributed by atoms with E-state index >= 15 is 0 Å². The standard InChI is InChI=1S/C10H13ClN4O2/c11-5-8-15(14-17)10(16)13-7-4-9-3-1-2-6-12-9/h1-3,6H,4-5,7-8H2,(H,13,16). The van der Waals surface area contributed by atoms with Gasteiger partial charge in [-0.1, -0.05) is 6.07 Å². The number of nitroso groups, excluding NO2 is 1. The molecule has 0 unspecified atom stereocenters. The third-order valence-corrected chi connectivity index (χ3v) is 2.18. The van der Waals surface area contributed by atoms with Gasteiger partial charge in [-0.25, -0.2) is 4.79 Å². The van der Waals surface area contributed by atoms with Crippen LogP contribution in [-0.4, -0.2) is 35.0 Å². The lowest BCUT2D eigenvalue weighted by Gasteiger charge is -2.12. The minimum absolute atomic E-state index is 0.0977. The fraction of sp³-hybridized carbons (Fsp3) is 0.400. The van der Waals surface area contributed by atoms with Crippen molar-refractivity contribution in [3.8, 4) is 0 Å². The van der Waals surface area contributed by atoms with E-state index in [1.54, 1.807) is 6.20 Å². The van der Waals surface area contributed by atoms with Crippen molar-refractivity contribution in [3.05, 3.63) is 35.0 Å². The first-order valence-corrected chi connectivity index (χ1v) is 5.66. The van der Waals surface area contributed by atoms with E-state index in [4.69, 9.17) is 11.6 Å². The first-order valence-electron chi connectivity index (χ1n) is 5.12. The summed E-state index contributed by atoms with van der Waals surface area (Å²) in [4.78, 5) is 25.8. The van der Waals surface area contributed by atoms with Crippen LogP contribution in [0.4, 0.5) is 4.79 Å². The molecule has 0 fully saturated rings. The van der Waals surface area contributed by atoms with Gasteiger partial charge >= 0.3 is 6.03 Å². The second-order valence-electron chi connectivity index (χ2n) is 3.20. The molecule has 1 N–H and O–H groups in total. The highest BCUT2D eigenvalue weighted by atomic mass is 35.5. The summed E-state index contributed by atoms with van der Waals surface area (Å²) in [5.41, 5.74) is 0.871. The van der Waals surface area contributed by atoms with Gasteiger partial charge < -0.3 is 5.32 Å². The maximum absolute atomic E-state index is 11.4. The molecule has 0 aliphatic heterocycles. The lowest BCUT2D eigenvalue weighted by Crippen LogP contribution is -2.38. The molecule has 7 heteroatoms. The summed E-state index contributed by atoms with van der Waals surface area (Å²) in [7, 11) is 0. The van der Waals surface area contributed by atoms with Gasteiger partial charge in [0.15, 0.2) is 0 Å². The molecule has 0 bridgehead atoms. The average Bonchev–Trinajstić information content (AvgIpc) is 2.37. The molecule has 0 atom stereocenters. The Hall–Kier alpha value is -1.69. The predicted molar refractivity (Wildman–Crippen MR) is 64.6 cm³/mol. The summed E-state index contributed by atoms with van der Waals surface area (Å²) in [6.45, 7) is 0.491. The Morgan fingerprint density at radius 2 is 2.35 bits per heavy atom. The van der Waals surface area contributed by atoms with Gasteiger partial charge in [0.2, 0.25) is 0 Å². The molecule has 0 radical (unpaired) electrons. The van der Waals surface area contributed by atoms with E-state index in [-0.39, 0.29) is 12.4 Å². The number of urea groups is 1. The van der Waals surface area contributed by atoms with E-state index in [0.29, 0.717) is 13.0 Å². The monoisotopic (exact) mass is 256 g/mol. The van der Waals surface area contributed by atoms with Crippen molar-refractivity contribution >= 4 is 17.6 Å². The largest absolute Gasteiger partial charge is 0.340 e. The SMILES string of the molecule is O=NN(CCCl)C(=O)NCCc1ccccn1. The molecule has 17 heavy (non-hydrogen) atoms. The van der Waals surface area contributed by atoms with E-state index in [1.165, 1.54) is 0 Å². The van der Waals surface area contributed by atoms with Crippen molar-refractivity contribution in [3.63, 3.8) is 0 Å². The lowest BCUT2D eigenvalue weighted by atomic mass is 10.3. The maximum Gasteiger partial charge on any atom is 0.340 e. The van der Waals surface area contributed by atoms with E-state index in [2.05, 4.69) is 15.6 Å². The summed E-state index contributed by atoms with van der Waals surface area (Å²) < 4.78 is 0. The van der Waals surface area contributed by atoms with E-state index in [1.807, 2.05) is 18.2 Å². The number of carbonyl (C=O) groups is 1. The molecule has 0 aromatic carbocycles. The Balaban J connectivity index is 2.30.